The van der Waals surface area contributed by atoms with Crippen LogP contribution in [0.3, 0.4) is 0 Å². The fourth-order valence-electron chi connectivity index (χ4n) is 2.02. The summed E-state index contributed by atoms with van der Waals surface area (Å²) in [6, 6.07) is 20.2. The van der Waals surface area contributed by atoms with Gasteiger partial charge in [0.25, 0.3) is 0 Å². The Bertz CT molecular complexity index is 541. The SMILES string of the molecule is CCCN(c1ccccc1)c1ccccc1C#N. The van der Waals surface area contributed by atoms with Gasteiger partial charge in [0.2, 0.25) is 0 Å². The summed E-state index contributed by atoms with van der Waals surface area (Å²) in [4.78, 5) is 2.19. The number of benzene rings is 2. The zero-order valence-corrected chi connectivity index (χ0v) is 10.5. The van der Waals surface area contributed by atoms with Crippen molar-refractivity contribution in [3.8, 4) is 6.07 Å². The minimum Gasteiger partial charge on any atom is -0.340 e. The lowest BCUT2D eigenvalue weighted by atomic mass is 10.1. The largest absolute Gasteiger partial charge is 0.340 e. The van der Waals surface area contributed by atoms with Gasteiger partial charge in [-0.2, -0.15) is 5.26 Å². The molecule has 2 aromatic carbocycles. The van der Waals surface area contributed by atoms with Gasteiger partial charge in [0.15, 0.2) is 0 Å². The predicted molar refractivity (Wildman–Crippen MR) is 74.9 cm³/mol. The van der Waals surface area contributed by atoms with Crippen molar-refractivity contribution in [2.24, 2.45) is 0 Å². The van der Waals surface area contributed by atoms with Crippen LogP contribution in [-0.2, 0) is 0 Å². The number of hydrogen-bond acceptors (Lipinski definition) is 2. The predicted octanol–water partition coefficient (Wildman–Crippen LogP) is 4.11. The third-order valence-electron chi connectivity index (χ3n) is 2.83. The third-order valence-corrected chi connectivity index (χ3v) is 2.83. The van der Waals surface area contributed by atoms with Crippen LogP contribution in [0.15, 0.2) is 54.6 Å². The fourth-order valence-corrected chi connectivity index (χ4v) is 2.02. The molecule has 0 amide bonds. The molecule has 0 bridgehead atoms. The second-order valence-electron chi connectivity index (χ2n) is 4.12. The highest BCUT2D eigenvalue weighted by Gasteiger charge is 2.11. The summed E-state index contributed by atoms with van der Waals surface area (Å²) in [6.45, 7) is 3.05. The van der Waals surface area contributed by atoms with Crippen molar-refractivity contribution in [2.45, 2.75) is 13.3 Å². The molecule has 0 spiro atoms. The molecular weight excluding hydrogens is 220 g/mol. The first-order chi connectivity index (χ1) is 8.86. The number of nitrogens with zero attached hydrogens (tertiary/aromatic N) is 2. The lowest BCUT2D eigenvalue weighted by molar-refractivity contribution is 0.884. The Labute approximate surface area is 108 Å². The molecule has 2 aromatic rings. The molecule has 0 heterocycles. The van der Waals surface area contributed by atoms with E-state index in [1.807, 2.05) is 42.5 Å². The van der Waals surface area contributed by atoms with Gasteiger partial charge in [-0.25, -0.2) is 0 Å². The molecule has 0 aromatic heterocycles. The van der Waals surface area contributed by atoms with Crippen molar-refractivity contribution in [3.05, 3.63) is 60.2 Å². The minimum absolute atomic E-state index is 0.717. The molecule has 0 fully saturated rings. The van der Waals surface area contributed by atoms with E-state index in [-0.39, 0.29) is 0 Å². The van der Waals surface area contributed by atoms with Gasteiger partial charge in [-0.3, -0.25) is 0 Å². The average molecular weight is 236 g/mol. The van der Waals surface area contributed by atoms with E-state index in [0.29, 0.717) is 0 Å². The summed E-state index contributed by atoms with van der Waals surface area (Å²) < 4.78 is 0. The summed E-state index contributed by atoms with van der Waals surface area (Å²) in [6.07, 6.45) is 1.04. The first-order valence-corrected chi connectivity index (χ1v) is 6.18. The first-order valence-electron chi connectivity index (χ1n) is 6.18. The molecule has 0 saturated carbocycles. The smallest absolute Gasteiger partial charge is 0.101 e. The Morgan fingerprint density at radius 1 is 1.00 bits per heavy atom. The van der Waals surface area contributed by atoms with Gasteiger partial charge in [0.1, 0.15) is 6.07 Å². The van der Waals surface area contributed by atoms with Gasteiger partial charge in [-0.05, 0) is 30.7 Å². The molecule has 0 atom stereocenters. The van der Waals surface area contributed by atoms with Crippen LogP contribution in [0, 0.1) is 11.3 Å². The van der Waals surface area contributed by atoms with Crippen LogP contribution in [0.1, 0.15) is 18.9 Å². The lowest BCUT2D eigenvalue weighted by Crippen LogP contribution is -2.18. The van der Waals surface area contributed by atoms with E-state index in [1.54, 1.807) is 0 Å². The maximum absolute atomic E-state index is 9.21. The molecular formula is C16H16N2. The van der Waals surface area contributed by atoms with Crippen LogP contribution in [0.5, 0.6) is 0 Å². The summed E-state index contributed by atoms with van der Waals surface area (Å²) in [5.74, 6) is 0. The number of rotatable bonds is 4. The van der Waals surface area contributed by atoms with E-state index in [9.17, 15) is 5.26 Å². The third kappa shape index (κ3) is 2.52. The first kappa shape index (κ1) is 12.2. The van der Waals surface area contributed by atoms with Crippen molar-refractivity contribution in [1.82, 2.24) is 0 Å². The fraction of sp³-hybridized carbons (Fsp3) is 0.188. The summed E-state index contributed by atoms with van der Waals surface area (Å²) >= 11 is 0. The lowest BCUT2D eigenvalue weighted by Gasteiger charge is -2.25. The van der Waals surface area contributed by atoms with Gasteiger partial charge in [-0.1, -0.05) is 37.3 Å². The highest BCUT2D eigenvalue weighted by Crippen LogP contribution is 2.28. The molecule has 0 unspecified atom stereocenters. The monoisotopic (exact) mass is 236 g/mol. The van der Waals surface area contributed by atoms with Crippen LogP contribution in [0.2, 0.25) is 0 Å². The molecule has 0 aliphatic heterocycles. The number of nitriles is 1. The molecule has 18 heavy (non-hydrogen) atoms. The van der Waals surface area contributed by atoms with Gasteiger partial charge >= 0.3 is 0 Å². The second-order valence-corrected chi connectivity index (χ2v) is 4.12. The molecule has 2 nitrogen and oxygen atoms in total. The summed E-state index contributed by atoms with van der Waals surface area (Å²) in [5, 5.41) is 9.21. The van der Waals surface area contributed by atoms with Crippen molar-refractivity contribution < 1.29 is 0 Å². The number of hydrogen-bond donors (Lipinski definition) is 0. The Kier molecular flexibility index (Phi) is 3.98. The average Bonchev–Trinajstić information content (AvgIpc) is 2.46. The molecule has 0 radical (unpaired) electrons. The standard InChI is InChI=1S/C16H16N2/c1-2-12-18(15-9-4-3-5-10-15)16-11-7-6-8-14(16)13-17/h3-11H,2,12H2,1H3. The van der Waals surface area contributed by atoms with Crippen LogP contribution in [0.25, 0.3) is 0 Å². The van der Waals surface area contributed by atoms with Gasteiger partial charge in [0, 0.05) is 12.2 Å². The highest BCUT2D eigenvalue weighted by atomic mass is 15.1. The Morgan fingerprint density at radius 2 is 1.67 bits per heavy atom. The van der Waals surface area contributed by atoms with Crippen molar-refractivity contribution >= 4 is 11.4 Å². The van der Waals surface area contributed by atoms with E-state index >= 15 is 0 Å². The van der Waals surface area contributed by atoms with Gasteiger partial charge < -0.3 is 4.90 Å². The van der Waals surface area contributed by atoms with E-state index in [2.05, 4.69) is 30.0 Å². The van der Waals surface area contributed by atoms with Crippen molar-refractivity contribution in [3.63, 3.8) is 0 Å². The highest BCUT2D eigenvalue weighted by molar-refractivity contribution is 5.69. The van der Waals surface area contributed by atoms with Crippen LogP contribution in [-0.4, -0.2) is 6.54 Å². The van der Waals surface area contributed by atoms with E-state index in [4.69, 9.17) is 0 Å². The molecule has 0 aliphatic rings. The van der Waals surface area contributed by atoms with Crippen LogP contribution >= 0.6 is 0 Å². The normalized spacial score (nSPS) is 9.78. The zero-order valence-electron chi connectivity index (χ0n) is 10.5. The molecule has 0 N–H and O–H groups in total. The topological polar surface area (TPSA) is 27.0 Å². The molecule has 0 aliphatic carbocycles. The summed E-state index contributed by atoms with van der Waals surface area (Å²) in [7, 11) is 0. The van der Waals surface area contributed by atoms with Crippen molar-refractivity contribution in [2.75, 3.05) is 11.4 Å². The molecule has 2 rings (SSSR count). The van der Waals surface area contributed by atoms with Gasteiger partial charge in [-0.15, -0.1) is 0 Å². The Balaban J connectivity index is 2.46. The molecule has 0 saturated heterocycles. The van der Waals surface area contributed by atoms with E-state index in [1.165, 1.54) is 0 Å². The summed E-state index contributed by atoms with van der Waals surface area (Å²) in [5.41, 5.74) is 2.82. The van der Waals surface area contributed by atoms with Crippen LogP contribution in [0.4, 0.5) is 11.4 Å². The van der Waals surface area contributed by atoms with E-state index in [0.717, 1.165) is 29.9 Å². The maximum atomic E-state index is 9.21. The number of anilines is 2. The second kappa shape index (κ2) is 5.88. The van der Waals surface area contributed by atoms with E-state index < -0.39 is 0 Å². The minimum atomic E-state index is 0.717. The quantitative estimate of drug-likeness (QED) is 0.798. The Hall–Kier alpha value is -2.27. The zero-order chi connectivity index (χ0) is 12.8. The molecule has 90 valence electrons. The van der Waals surface area contributed by atoms with Crippen LogP contribution < -0.4 is 4.90 Å². The Morgan fingerprint density at radius 3 is 2.33 bits per heavy atom. The number of para-hydroxylation sites is 2. The maximum Gasteiger partial charge on any atom is 0.101 e. The molecule has 2 heteroatoms. The van der Waals surface area contributed by atoms with Crippen molar-refractivity contribution in [1.29, 1.82) is 5.26 Å². The van der Waals surface area contributed by atoms with Gasteiger partial charge in [0.05, 0.1) is 11.3 Å².